The summed E-state index contributed by atoms with van der Waals surface area (Å²) in [6.07, 6.45) is 0. The zero-order valence-electron chi connectivity index (χ0n) is 9.92. The highest BCUT2D eigenvalue weighted by Crippen LogP contribution is 2.23. The maximum atomic E-state index is 10.7. The average molecular weight is 240 g/mol. The van der Waals surface area contributed by atoms with Gasteiger partial charge in [0.15, 0.2) is 0 Å². The van der Waals surface area contributed by atoms with Gasteiger partial charge in [0.25, 0.3) is 5.69 Å². The molecule has 0 radical (unpaired) electrons. The standard InChI is InChI=1S/C11H16N2O4/c1-12(3-4-14)8-9-5-10(13(15)16)7-11(6-9)17-2/h5-7,14H,3-4,8H2,1-2H3. The molecule has 6 heteroatoms. The van der Waals surface area contributed by atoms with Gasteiger partial charge in [-0.15, -0.1) is 0 Å². The summed E-state index contributed by atoms with van der Waals surface area (Å²) >= 11 is 0. The van der Waals surface area contributed by atoms with Gasteiger partial charge in [-0.05, 0) is 18.7 Å². The van der Waals surface area contributed by atoms with E-state index in [1.54, 1.807) is 6.07 Å². The molecule has 0 atom stereocenters. The number of hydrogen-bond donors (Lipinski definition) is 1. The van der Waals surface area contributed by atoms with Crippen LogP contribution in [-0.2, 0) is 6.54 Å². The van der Waals surface area contributed by atoms with Gasteiger partial charge in [0.1, 0.15) is 5.75 Å². The highest BCUT2D eigenvalue weighted by molar-refractivity contribution is 5.42. The molecule has 0 bridgehead atoms. The summed E-state index contributed by atoms with van der Waals surface area (Å²) in [6.45, 7) is 1.10. The highest BCUT2D eigenvalue weighted by Gasteiger charge is 2.11. The summed E-state index contributed by atoms with van der Waals surface area (Å²) < 4.78 is 5.01. The molecular weight excluding hydrogens is 224 g/mol. The molecular formula is C11H16N2O4. The molecule has 0 saturated carbocycles. The predicted octanol–water partition coefficient (Wildman–Crippen LogP) is 1.03. The third-order valence-electron chi connectivity index (χ3n) is 2.33. The van der Waals surface area contributed by atoms with Crippen LogP contribution in [0.15, 0.2) is 18.2 Å². The molecule has 0 aliphatic carbocycles. The monoisotopic (exact) mass is 240 g/mol. The van der Waals surface area contributed by atoms with Crippen LogP contribution in [0.4, 0.5) is 5.69 Å². The second-order valence-electron chi connectivity index (χ2n) is 3.76. The van der Waals surface area contributed by atoms with E-state index in [1.807, 2.05) is 11.9 Å². The predicted molar refractivity (Wildman–Crippen MR) is 63.1 cm³/mol. The van der Waals surface area contributed by atoms with E-state index < -0.39 is 4.92 Å². The molecule has 0 fully saturated rings. The number of hydrogen-bond acceptors (Lipinski definition) is 5. The number of aliphatic hydroxyl groups is 1. The Morgan fingerprint density at radius 3 is 2.71 bits per heavy atom. The van der Waals surface area contributed by atoms with Crippen LogP contribution in [-0.4, -0.2) is 42.2 Å². The molecule has 0 saturated heterocycles. The number of nitrogens with zero attached hydrogens (tertiary/aromatic N) is 2. The van der Waals surface area contributed by atoms with E-state index in [1.165, 1.54) is 19.2 Å². The van der Waals surface area contributed by atoms with E-state index in [0.717, 1.165) is 5.56 Å². The first-order valence-electron chi connectivity index (χ1n) is 5.18. The van der Waals surface area contributed by atoms with E-state index >= 15 is 0 Å². The maximum Gasteiger partial charge on any atom is 0.273 e. The van der Waals surface area contributed by atoms with Crippen LogP contribution in [0.1, 0.15) is 5.56 Å². The van der Waals surface area contributed by atoms with Crippen LogP contribution in [0.5, 0.6) is 5.75 Å². The SMILES string of the molecule is COc1cc(CN(C)CCO)cc([N+](=O)[O-])c1. The maximum absolute atomic E-state index is 10.7. The molecule has 0 spiro atoms. The first-order chi connectivity index (χ1) is 8.06. The molecule has 6 nitrogen and oxygen atoms in total. The Morgan fingerprint density at radius 2 is 2.18 bits per heavy atom. The molecule has 1 N–H and O–H groups in total. The second kappa shape index (κ2) is 6.17. The number of likely N-dealkylation sites (N-methyl/N-ethyl adjacent to an activating group) is 1. The minimum atomic E-state index is -0.446. The van der Waals surface area contributed by atoms with E-state index in [0.29, 0.717) is 18.8 Å². The van der Waals surface area contributed by atoms with Crippen molar-refractivity contribution in [1.29, 1.82) is 0 Å². The summed E-state index contributed by atoms with van der Waals surface area (Å²) in [6, 6.07) is 4.65. The third kappa shape index (κ3) is 4.01. The number of rotatable bonds is 6. The van der Waals surface area contributed by atoms with Crippen molar-refractivity contribution in [2.75, 3.05) is 27.3 Å². The molecule has 17 heavy (non-hydrogen) atoms. The zero-order valence-corrected chi connectivity index (χ0v) is 9.92. The summed E-state index contributed by atoms with van der Waals surface area (Å²) in [5, 5.41) is 19.5. The minimum Gasteiger partial charge on any atom is -0.496 e. The quantitative estimate of drug-likeness (QED) is 0.593. The summed E-state index contributed by atoms with van der Waals surface area (Å²) in [5.74, 6) is 0.464. The van der Waals surface area contributed by atoms with E-state index in [2.05, 4.69) is 0 Å². The smallest absolute Gasteiger partial charge is 0.273 e. The first-order valence-corrected chi connectivity index (χ1v) is 5.18. The van der Waals surface area contributed by atoms with Gasteiger partial charge in [-0.25, -0.2) is 0 Å². The molecule has 0 heterocycles. The van der Waals surface area contributed by atoms with Crippen LogP contribution in [0.3, 0.4) is 0 Å². The fourth-order valence-corrected chi connectivity index (χ4v) is 1.52. The molecule has 1 rings (SSSR count). The molecule has 0 unspecified atom stereocenters. The fourth-order valence-electron chi connectivity index (χ4n) is 1.52. The number of aliphatic hydroxyl groups excluding tert-OH is 1. The van der Waals surface area contributed by atoms with Crippen molar-refractivity contribution in [3.8, 4) is 5.75 Å². The molecule has 0 aromatic heterocycles. The largest absolute Gasteiger partial charge is 0.496 e. The van der Waals surface area contributed by atoms with Crippen LogP contribution in [0, 0.1) is 10.1 Å². The van der Waals surface area contributed by atoms with E-state index in [4.69, 9.17) is 9.84 Å². The summed E-state index contributed by atoms with van der Waals surface area (Å²) in [4.78, 5) is 12.2. The summed E-state index contributed by atoms with van der Waals surface area (Å²) in [7, 11) is 3.31. The van der Waals surface area contributed by atoms with E-state index in [9.17, 15) is 10.1 Å². The molecule has 0 aliphatic heterocycles. The van der Waals surface area contributed by atoms with Crippen molar-refractivity contribution < 1.29 is 14.8 Å². The number of benzene rings is 1. The van der Waals surface area contributed by atoms with Crippen molar-refractivity contribution in [2.45, 2.75) is 6.54 Å². The summed E-state index contributed by atoms with van der Waals surface area (Å²) in [5.41, 5.74) is 0.795. The Morgan fingerprint density at radius 1 is 1.47 bits per heavy atom. The molecule has 0 aliphatic rings. The van der Waals surface area contributed by atoms with Crippen LogP contribution < -0.4 is 4.74 Å². The van der Waals surface area contributed by atoms with Gasteiger partial charge < -0.3 is 9.84 Å². The fraction of sp³-hybridized carbons (Fsp3) is 0.455. The lowest BCUT2D eigenvalue weighted by Gasteiger charge is -2.15. The Balaban J connectivity index is 2.90. The Labute approximate surface area is 99.6 Å². The van der Waals surface area contributed by atoms with Gasteiger partial charge in [0.05, 0.1) is 24.7 Å². The van der Waals surface area contributed by atoms with Crippen LogP contribution in [0.2, 0.25) is 0 Å². The second-order valence-corrected chi connectivity index (χ2v) is 3.76. The lowest BCUT2D eigenvalue weighted by atomic mass is 10.2. The minimum absolute atomic E-state index is 0.0109. The van der Waals surface area contributed by atoms with Crippen molar-refractivity contribution in [1.82, 2.24) is 4.90 Å². The van der Waals surface area contributed by atoms with Crippen molar-refractivity contribution in [3.63, 3.8) is 0 Å². The van der Waals surface area contributed by atoms with Crippen LogP contribution in [0.25, 0.3) is 0 Å². The van der Waals surface area contributed by atoms with Gasteiger partial charge in [0, 0.05) is 19.2 Å². The normalized spacial score (nSPS) is 10.6. The first kappa shape index (κ1) is 13.4. The van der Waals surface area contributed by atoms with Gasteiger partial charge in [0.2, 0.25) is 0 Å². The molecule has 0 amide bonds. The topological polar surface area (TPSA) is 75.8 Å². The number of non-ortho nitro benzene ring substituents is 1. The molecule has 1 aromatic rings. The number of methoxy groups -OCH3 is 1. The lowest BCUT2D eigenvalue weighted by Crippen LogP contribution is -2.21. The highest BCUT2D eigenvalue weighted by atomic mass is 16.6. The van der Waals surface area contributed by atoms with Gasteiger partial charge in [-0.1, -0.05) is 0 Å². The third-order valence-corrected chi connectivity index (χ3v) is 2.33. The van der Waals surface area contributed by atoms with Crippen molar-refractivity contribution in [2.24, 2.45) is 0 Å². The number of nitro groups is 1. The Hall–Kier alpha value is -1.66. The van der Waals surface area contributed by atoms with Crippen molar-refractivity contribution in [3.05, 3.63) is 33.9 Å². The average Bonchev–Trinajstić information content (AvgIpc) is 2.28. The molecule has 94 valence electrons. The number of nitro benzene ring substituents is 1. The van der Waals surface area contributed by atoms with Gasteiger partial charge >= 0.3 is 0 Å². The van der Waals surface area contributed by atoms with Crippen molar-refractivity contribution >= 4 is 5.69 Å². The Bertz CT molecular complexity index is 395. The van der Waals surface area contributed by atoms with E-state index in [-0.39, 0.29) is 12.3 Å². The Kier molecular flexibility index (Phi) is 4.86. The van der Waals surface area contributed by atoms with Gasteiger partial charge in [-0.3, -0.25) is 15.0 Å². The van der Waals surface area contributed by atoms with Crippen LogP contribution >= 0.6 is 0 Å². The van der Waals surface area contributed by atoms with Gasteiger partial charge in [-0.2, -0.15) is 0 Å². The number of ether oxygens (including phenoxy) is 1. The zero-order chi connectivity index (χ0) is 12.8. The lowest BCUT2D eigenvalue weighted by molar-refractivity contribution is -0.385. The molecule has 1 aromatic carbocycles.